The number of para-hydroxylation sites is 1. The van der Waals surface area contributed by atoms with Crippen LogP contribution in [0.2, 0.25) is 0 Å². The van der Waals surface area contributed by atoms with Gasteiger partial charge >= 0.3 is 0 Å². The van der Waals surface area contributed by atoms with Gasteiger partial charge in [-0.1, -0.05) is 42.5 Å². The van der Waals surface area contributed by atoms with Crippen LogP contribution in [0.5, 0.6) is 0 Å². The third kappa shape index (κ3) is 3.25. The van der Waals surface area contributed by atoms with Gasteiger partial charge in [-0.2, -0.15) is 0 Å². The first-order chi connectivity index (χ1) is 15.0. The number of rotatable bonds is 3. The highest BCUT2D eigenvalue weighted by Gasteiger charge is 2.35. The van der Waals surface area contributed by atoms with Crippen LogP contribution < -0.4 is 20.9 Å². The maximum absolute atomic E-state index is 13.5. The lowest BCUT2D eigenvalue weighted by atomic mass is 9.81. The molecule has 3 aromatic rings. The third-order valence-corrected chi connectivity index (χ3v) is 6.23. The van der Waals surface area contributed by atoms with Crippen LogP contribution >= 0.6 is 0 Å². The van der Waals surface area contributed by atoms with E-state index in [1.54, 1.807) is 24.3 Å². The summed E-state index contributed by atoms with van der Waals surface area (Å²) in [4.78, 5) is 30.7. The average Bonchev–Trinajstić information content (AvgIpc) is 2.80. The first-order valence-corrected chi connectivity index (χ1v) is 10.6. The second kappa shape index (κ2) is 7.56. The Balaban J connectivity index is 1.70. The lowest BCUT2D eigenvalue weighted by Crippen LogP contribution is -3.12. The van der Waals surface area contributed by atoms with Crippen LogP contribution in [0.1, 0.15) is 31.8 Å². The van der Waals surface area contributed by atoms with Crippen LogP contribution in [0, 0.1) is 0 Å². The number of nitrogens with zero attached hydrogens (tertiary/aromatic N) is 1. The number of ketones is 2. The van der Waals surface area contributed by atoms with Crippen molar-refractivity contribution >= 4 is 34.3 Å². The predicted octanol–water partition coefficient (Wildman–Crippen LogP) is 2.12. The van der Waals surface area contributed by atoms with Gasteiger partial charge in [0, 0.05) is 16.8 Å². The number of carbonyl (C=O) groups is 2. The highest BCUT2D eigenvalue weighted by molar-refractivity contribution is 6.32. The van der Waals surface area contributed by atoms with Crippen LogP contribution in [0.15, 0.2) is 60.7 Å². The molecule has 2 aliphatic rings. The molecular weight excluding hydrogens is 388 g/mol. The van der Waals surface area contributed by atoms with Crippen molar-refractivity contribution in [3.05, 3.63) is 82.9 Å². The first-order valence-electron chi connectivity index (χ1n) is 10.6. The number of nitrogens with one attached hydrogen (secondary N) is 2. The largest absolute Gasteiger partial charge is 0.396 e. The number of piperazine rings is 1. The standard InChI is InChI=1S/C25H24N4O2/c1-28-11-13-29(14-12-28)20-15-19(27-16-7-3-2-4-8-16)21-22(23(20)26)25(31)18-10-6-5-9-17(18)24(21)30/h2-10,15,27H,11-14,26H2,1H3/p+1. The lowest BCUT2D eigenvalue weighted by molar-refractivity contribution is -0.880. The molecular formula is C25H25N4O2+. The van der Waals surface area contributed by atoms with Crippen LogP contribution in [-0.2, 0) is 0 Å². The molecule has 0 atom stereocenters. The Morgan fingerprint density at radius 3 is 2.10 bits per heavy atom. The van der Waals surface area contributed by atoms with E-state index >= 15 is 0 Å². The van der Waals surface area contributed by atoms with Gasteiger partial charge in [0.25, 0.3) is 0 Å². The molecule has 0 spiro atoms. The molecule has 5 rings (SSSR count). The predicted molar refractivity (Wildman–Crippen MR) is 123 cm³/mol. The molecule has 0 unspecified atom stereocenters. The zero-order valence-corrected chi connectivity index (χ0v) is 17.4. The van der Waals surface area contributed by atoms with E-state index in [2.05, 4.69) is 17.3 Å². The fourth-order valence-electron chi connectivity index (χ4n) is 4.47. The number of anilines is 4. The number of likely N-dealkylation sites (N-methyl/N-ethyl adjacent to an activating group) is 1. The van der Waals surface area contributed by atoms with Crippen LogP contribution in [0.4, 0.5) is 22.7 Å². The number of fused-ring (bicyclic) bond motifs is 2. The van der Waals surface area contributed by atoms with Crippen LogP contribution in [0.3, 0.4) is 0 Å². The minimum atomic E-state index is -0.194. The Morgan fingerprint density at radius 2 is 1.45 bits per heavy atom. The highest BCUT2D eigenvalue weighted by atomic mass is 16.1. The highest BCUT2D eigenvalue weighted by Crippen LogP contribution is 2.41. The monoisotopic (exact) mass is 413 g/mol. The molecule has 156 valence electrons. The molecule has 1 aliphatic carbocycles. The number of benzene rings is 3. The molecule has 31 heavy (non-hydrogen) atoms. The first kappa shape index (κ1) is 19.3. The van der Waals surface area contributed by atoms with Gasteiger partial charge in [0.15, 0.2) is 11.6 Å². The molecule has 1 heterocycles. The van der Waals surface area contributed by atoms with Crippen molar-refractivity contribution in [1.82, 2.24) is 0 Å². The minimum Gasteiger partial charge on any atom is -0.396 e. The Morgan fingerprint density at radius 1 is 0.871 bits per heavy atom. The van der Waals surface area contributed by atoms with Gasteiger partial charge in [0.05, 0.1) is 61.4 Å². The number of nitrogens with two attached hydrogens (primary N) is 1. The van der Waals surface area contributed by atoms with Crippen molar-refractivity contribution < 1.29 is 14.5 Å². The molecule has 6 heteroatoms. The molecule has 1 aliphatic heterocycles. The van der Waals surface area contributed by atoms with Crippen molar-refractivity contribution in [1.29, 1.82) is 0 Å². The summed E-state index contributed by atoms with van der Waals surface area (Å²) < 4.78 is 0. The molecule has 1 saturated heterocycles. The SMILES string of the molecule is C[NH+]1CCN(c2cc(Nc3ccccc3)c3c(c2N)C(=O)c2ccccc2C3=O)CC1. The summed E-state index contributed by atoms with van der Waals surface area (Å²) >= 11 is 0. The molecule has 3 aromatic carbocycles. The number of carbonyl (C=O) groups excluding carboxylic acids is 2. The molecule has 1 fully saturated rings. The van der Waals surface area contributed by atoms with Crippen molar-refractivity contribution in [2.75, 3.05) is 49.2 Å². The van der Waals surface area contributed by atoms with E-state index in [0.29, 0.717) is 33.6 Å². The van der Waals surface area contributed by atoms with E-state index in [1.165, 1.54) is 4.90 Å². The van der Waals surface area contributed by atoms with Crippen LogP contribution in [-0.4, -0.2) is 44.8 Å². The smallest absolute Gasteiger partial charge is 0.196 e. The quantitative estimate of drug-likeness (QED) is 0.449. The van der Waals surface area contributed by atoms with E-state index in [4.69, 9.17) is 5.73 Å². The number of quaternary nitrogens is 1. The van der Waals surface area contributed by atoms with Crippen molar-refractivity contribution in [3.63, 3.8) is 0 Å². The number of hydrogen-bond acceptors (Lipinski definition) is 5. The zero-order chi connectivity index (χ0) is 21.5. The molecule has 0 saturated carbocycles. The fourth-order valence-corrected chi connectivity index (χ4v) is 4.47. The van der Waals surface area contributed by atoms with Gasteiger partial charge in [0.2, 0.25) is 0 Å². The second-order valence-corrected chi connectivity index (χ2v) is 8.25. The topological polar surface area (TPSA) is 79.9 Å². The fraction of sp³-hybridized carbons (Fsp3) is 0.200. The summed E-state index contributed by atoms with van der Waals surface area (Å²) in [5.74, 6) is -0.370. The van der Waals surface area contributed by atoms with Crippen LogP contribution in [0.25, 0.3) is 0 Å². The Kier molecular flexibility index (Phi) is 4.71. The summed E-state index contributed by atoms with van der Waals surface area (Å²) in [7, 11) is 2.18. The summed E-state index contributed by atoms with van der Waals surface area (Å²) in [5.41, 5.74) is 10.8. The number of nitrogen functional groups attached to an aromatic ring is 1. The molecule has 0 radical (unpaired) electrons. The zero-order valence-electron chi connectivity index (χ0n) is 17.4. The molecule has 0 aromatic heterocycles. The Labute approximate surface area is 181 Å². The van der Waals surface area contributed by atoms with Gasteiger partial charge in [-0.25, -0.2) is 0 Å². The lowest BCUT2D eigenvalue weighted by Gasteiger charge is -2.34. The van der Waals surface area contributed by atoms with Crippen molar-refractivity contribution in [2.45, 2.75) is 0 Å². The summed E-state index contributed by atoms with van der Waals surface area (Å²) in [6.45, 7) is 3.68. The molecule has 0 bridgehead atoms. The maximum Gasteiger partial charge on any atom is 0.196 e. The van der Waals surface area contributed by atoms with Gasteiger partial charge in [-0.05, 0) is 18.2 Å². The Bertz CT molecular complexity index is 1180. The minimum absolute atomic E-state index is 0.176. The third-order valence-electron chi connectivity index (χ3n) is 6.23. The van der Waals surface area contributed by atoms with E-state index in [0.717, 1.165) is 37.6 Å². The van der Waals surface area contributed by atoms with E-state index in [-0.39, 0.29) is 11.6 Å². The molecule has 4 N–H and O–H groups in total. The van der Waals surface area contributed by atoms with Gasteiger partial charge in [-0.15, -0.1) is 0 Å². The average molecular weight is 414 g/mol. The van der Waals surface area contributed by atoms with E-state index in [1.807, 2.05) is 36.4 Å². The molecule has 6 nitrogen and oxygen atoms in total. The van der Waals surface area contributed by atoms with Crippen molar-refractivity contribution in [2.24, 2.45) is 0 Å². The summed E-state index contributed by atoms with van der Waals surface area (Å²) in [6, 6.07) is 18.6. The molecule has 0 amide bonds. The normalized spacial score (nSPS) is 16.1. The number of hydrogen-bond donors (Lipinski definition) is 3. The van der Waals surface area contributed by atoms with E-state index in [9.17, 15) is 9.59 Å². The van der Waals surface area contributed by atoms with Gasteiger partial charge < -0.3 is 20.9 Å². The van der Waals surface area contributed by atoms with E-state index < -0.39 is 0 Å². The maximum atomic E-state index is 13.5. The summed E-state index contributed by atoms with van der Waals surface area (Å²) in [6.07, 6.45) is 0. The van der Waals surface area contributed by atoms with Gasteiger partial charge in [-0.3, -0.25) is 9.59 Å². The van der Waals surface area contributed by atoms with Crippen molar-refractivity contribution in [3.8, 4) is 0 Å². The second-order valence-electron chi connectivity index (χ2n) is 8.25. The Hall–Kier alpha value is -3.64. The summed E-state index contributed by atoms with van der Waals surface area (Å²) in [5, 5.41) is 3.37. The van der Waals surface area contributed by atoms with Gasteiger partial charge in [0.1, 0.15) is 0 Å².